The van der Waals surface area contributed by atoms with Gasteiger partial charge in [0.25, 0.3) is 0 Å². The van der Waals surface area contributed by atoms with E-state index in [4.69, 9.17) is 9.63 Å². The smallest absolute Gasteiger partial charge is 0.358 e. The lowest BCUT2D eigenvalue weighted by molar-refractivity contribution is 0.0686. The highest BCUT2D eigenvalue weighted by atomic mass is 79.9. The molecule has 16 heavy (non-hydrogen) atoms. The summed E-state index contributed by atoms with van der Waals surface area (Å²) in [6, 6.07) is 6.01. The van der Waals surface area contributed by atoms with Gasteiger partial charge in [0, 0.05) is 11.6 Å². The molecule has 0 saturated carbocycles. The van der Waals surface area contributed by atoms with Gasteiger partial charge in [-0.1, -0.05) is 5.16 Å². The van der Waals surface area contributed by atoms with Crippen molar-refractivity contribution in [2.75, 3.05) is 0 Å². The third-order valence-corrected chi connectivity index (χ3v) is 2.60. The van der Waals surface area contributed by atoms with E-state index in [1.807, 2.05) is 0 Å². The van der Waals surface area contributed by atoms with E-state index in [-0.39, 0.29) is 11.4 Å². The van der Waals surface area contributed by atoms with Crippen molar-refractivity contribution in [2.45, 2.75) is 0 Å². The van der Waals surface area contributed by atoms with Crippen LogP contribution in [-0.4, -0.2) is 21.3 Å². The number of carboxylic acid groups (broad SMARTS) is 1. The van der Waals surface area contributed by atoms with E-state index in [2.05, 4.69) is 21.1 Å². The topological polar surface area (TPSA) is 83.6 Å². The number of benzene rings is 1. The number of rotatable bonds is 2. The maximum Gasteiger partial charge on any atom is 0.358 e. The van der Waals surface area contributed by atoms with Crippen LogP contribution in [0.25, 0.3) is 11.3 Å². The number of carboxylic acids is 1. The first-order valence-electron chi connectivity index (χ1n) is 4.27. The Balaban J connectivity index is 2.42. The van der Waals surface area contributed by atoms with Crippen LogP contribution in [-0.2, 0) is 0 Å². The molecule has 2 N–H and O–H groups in total. The number of phenols is 1. The van der Waals surface area contributed by atoms with Crippen LogP contribution in [0.5, 0.6) is 5.75 Å². The minimum atomic E-state index is -1.15. The fraction of sp³-hybridized carbons (Fsp3) is 0. The Hall–Kier alpha value is -1.82. The van der Waals surface area contributed by atoms with Gasteiger partial charge >= 0.3 is 5.97 Å². The SMILES string of the molecule is O=C(O)c1cc(-c2ccc(O)c(Br)c2)on1. The van der Waals surface area contributed by atoms with Gasteiger partial charge in [-0.15, -0.1) is 0 Å². The summed E-state index contributed by atoms with van der Waals surface area (Å²) in [7, 11) is 0. The van der Waals surface area contributed by atoms with E-state index >= 15 is 0 Å². The number of hydrogen-bond donors (Lipinski definition) is 2. The van der Waals surface area contributed by atoms with Crippen LogP contribution in [0.3, 0.4) is 0 Å². The first-order chi connectivity index (χ1) is 7.58. The molecular formula is C10H6BrNO4. The van der Waals surface area contributed by atoms with Gasteiger partial charge in [0.15, 0.2) is 11.5 Å². The number of halogens is 1. The average molecular weight is 284 g/mol. The molecule has 6 heteroatoms. The zero-order chi connectivity index (χ0) is 11.7. The molecule has 2 rings (SSSR count). The summed E-state index contributed by atoms with van der Waals surface area (Å²) in [5.41, 5.74) is 0.476. The van der Waals surface area contributed by atoms with Crippen molar-refractivity contribution >= 4 is 21.9 Å². The fourth-order valence-corrected chi connectivity index (χ4v) is 1.55. The Kier molecular flexibility index (Phi) is 2.66. The van der Waals surface area contributed by atoms with Gasteiger partial charge < -0.3 is 14.7 Å². The Morgan fingerprint density at radius 3 is 2.69 bits per heavy atom. The van der Waals surface area contributed by atoms with Gasteiger partial charge in [-0.25, -0.2) is 4.79 Å². The summed E-state index contributed by atoms with van der Waals surface area (Å²) >= 11 is 3.15. The lowest BCUT2D eigenvalue weighted by Crippen LogP contribution is -1.94. The van der Waals surface area contributed by atoms with Crippen LogP contribution in [0.1, 0.15) is 10.5 Å². The molecule has 1 aromatic heterocycles. The molecule has 0 bridgehead atoms. The van der Waals surface area contributed by atoms with Crippen molar-refractivity contribution in [1.82, 2.24) is 5.16 Å². The Bertz CT molecular complexity index is 550. The monoisotopic (exact) mass is 283 g/mol. The number of carbonyl (C=O) groups is 1. The maximum absolute atomic E-state index is 10.6. The molecule has 0 unspecified atom stereocenters. The first-order valence-corrected chi connectivity index (χ1v) is 5.06. The third kappa shape index (κ3) is 1.92. The minimum Gasteiger partial charge on any atom is -0.507 e. The summed E-state index contributed by atoms with van der Waals surface area (Å²) < 4.78 is 5.37. The maximum atomic E-state index is 10.6. The third-order valence-electron chi connectivity index (χ3n) is 1.96. The lowest BCUT2D eigenvalue weighted by Gasteiger charge is -1.98. The molecule has 5 nitrogen and oxygen atoms in total. The van der Waals surface area contributed by atoms with Crippen LogP contribution >= 0.6 is 15.9 Å². The summed E-state index contributed by atoms with van der Waals surface area (Å²) in [5, 5.41) is 21.4. The van der Waals surface area contributed by atoms with E-state index in [9.17, 15) is 9.90 Å². The summed E-state index contributed by atoms with van der Waals surface area (Å²) in [4.78, 5) is 10.6. The molecule has 0 spiro atoms. The first kappa shape index (κ1) is 10.7. The van der Waals surface area contributed by atoms with Gasteiger partial charge in [-0.2, -0.15) is 0 Å². The highest BCUT2D eigenvalue weighted by Gasteiger charge is 2.12. The molecule has 0 amide bonds. The number of aromatic nitrogens is 1. The van der Waals surface area contributed by atoms with Gasteiger partial charge in [0.05, 0.1) is 4.47 Å². The number of hydrogen-bond acceptors (Lipinski definition) is 4. The second kappa shape index (κ2) is 3.97. The standard InChI is InChI=1S/C10H6BrNO4/c11-6-3-5(1-2-8(6)13)9-4-7(10(14)15)12-16-9/h1-4,13H,(H,14,15). The Morgan fingerprint density at radius 2 is 2.12 bits per heavy atom. The van der Waals surface area contributed by atoms with Gasteiger partial charge in [-0.3, -0.25) is 0 Å². The number of phenolic OH excluding ortho intramolecular Hbond substituents is 1. The molecule has 0 aliphatic rings. The van der Waals surface area contributed by atoms with Crippen molar-refractivity contribution in [3.05, 3.63) is 34.4 Å². The average Bonchev–Trinajstić information content (AvgIpc) is 2.71. The van der Waals surface area contributed by atoms with Crippen molar-refractivity contribution in [2.24, 2.45) is 0 Å². The molecule has 0 fully saturated rings. The second-order valence-electron chi connectivity index (χ2n) is 3.05. The van der Waals surface area contributed by atoms with E-state index in [1.54, 1.807) is 12.1 Å². The van der Waals surface area contributed by atoms with Crippen molar-refractivity contribution in [3.8, 4) is 17.1 Å². The van der Waals surface area contributed by atoms with Gasteiger partial charge in [0.2, 0.25) is 0 Å². The molecule has 0 radical (unpaired) electrons. The van der Waals surface area contributed by atoms with E-state index in [0.29, 0.717) is 15.8 Å². The molecule has 82 valence electrons. The van der Waals surface area contributed by atoms with Gasteiger partial charge in [0.1, 0.15) is 5.75 Å². The number of nitrogens with zero attached hydrogens (tertiary/aromatic N) is 1. The van der Waals surface area contributed by atoms with E-state index < -0.39 is 5.97 Å². The van der Waals surface area contributed by atoms with Gasteiger partial charge in [-0.05, 0) is 34.1 Å². The summed E-state index contributed by atoms with van der Waals surface area (Å²) in [6.07, 6.45) is 0. The Morgan fingerprint density at radius 1 is 1.38 bits per heavy atom. The molecule has 0 aliphatic carbocycles. The zero-order valence-electron chi connectivity index (χ0n) is 7.85. The van der Waals surface area contributed by atoms with E-state index in [0.717, 1.165) is 0 Å². The number of aromatic hydroxyl groups is 1. The minimum absolute atomic E-state index is 0.0988. The highest BCUT2D eigenvalue weighted by molar-refractivity contribution is 9.10. The fourth-order valence-electron chi connectivity index (χ4n) is 1.17. The second-order valence-corrected chi connectivity index (χ2v) is 3.90. The predicted octanol–water partition coefficient (Wildman–Crippen LogP) is 2.51. The quantitative estimate of drug-likeness (QED) is 0.885. The molecule has 0 aliphatic heterocycles. The molecule has 1 heterocycles. The van der Waals surface area contributed by atoms with E-state index in [1.165, 1.54) is 12.1 Å². The molecule has 1 aromatic carbocycles. The molecule has 0 saturated heterocycles. The molecule has 0 atom stereocenters. The van der Waals surface area contributed by atoms with Crippen molar-refractivity contribution in [3.63, 3.8) is 0 Å². The molecular weight excluding hydrogens is 278 g/mol. The van der Waals surface area contributed by atoms with Crippen LogP contribution < -0.4 is 0 Å². The summed E-state index contributed by atoms with van der Waals surface area (Å²) in [6.45, 7) is 0. The predicted molar refractivity (Wildman–Crippen MR) is 58.3 cm³/mol. The zero-order valence-corrected chi connectivity index (χ0v) is 9.43. The van der Waals surface area contributed by atoms with Crippen LogP contribution in [0.2, 0.25) is 0 Å². The largest absolute Gasteiger partial charge is 0.507 e. The van der Waals surface area contributed by atoms with Crippen LogP contribution in [0.15, 0.2) is 33.3 Å². The number of aromatic carboxylic acids is 1. The highest BCUT2D eigenvalue weighted by Crippen LogP contribution is 2.29. The lowest BCUT2D eigenvalue weighted by atomic mass is 10.1. The van der Waals surface area contributed by atoms with Crippen molar-refractivity contribution in [1.29, 1.82) is 0 Å². The van der Waals surface area contributed by atoms with Crippen LogP contribution in [0.4, 0.5) is 0 Å². The molecule has 2 aromatic rings. The van der Waals surface area contributed by atoms with Crippen molar-refractivity contribution < 1.29 is 19.5 Å². The summed E-state index contributed by atoms with van der Waals surface area (Å²) in [5.74, 6) is -0.715. The Labute approximate surface area is 98.4 Å². The van der Waals surface area contributed by atoms with Crippen LogP contribution in [0, 0.1) is 0 Å². The normalized spacial score (nSPS) is 10.3.